The summed E-state index contributed by atoms with van der Waals surface area (Å²) in [5, 5.41) is 0. The van der Waals surface area contributed by atoms with Crippen molar-refractivity contribution in [2.24, 2.45) is 4.99 Å². The third-order valence-corrected chi connectivity index (χ3v) is 1.73. The van der Waals surface area contributed by atoms with E-state index in [9.17, 15) is 9.59 Å². The second-order valence-corrected chi connectivity index (χ2v) is 2.61. The number of hydrogen-bond acceptors (Lipinski definition) is 2. The van der Waals surface area contributed by atoms with Crippen LogP contribution in [0.5, 0.6) is 0 Å². The number of Topliss-reactive ketones (excluding diaryl/α,β-unsaturated/α-hetero) is 1. The number of amides is 1. The van der Waals surface area contributed by atoms with Crippen LogP contribution in [0.25, 0.3) is 0 Å². The third-order valence-electron chi connectivity index (χ3n) is 1.73. The first-order valence-electron chi connectivity index (χ1n) is 3.78. The van der Waals surface area contributed by atoms with Crippen molar-refractivity contribution in [2.45, 2.75) is 6.92 Å². The van der Waals surface area contributed by atoms with Crippen LogP contribution in [-0.2, 0) is 4.79 Å². The maximum atomic E-state index is 11.3. The molecule has 3 nitrogen and oxygen atoms in total. The molecule has 0 aliphatic heterocycles. The van der Waals surface area contributed by atoms with Crippen LogP contribution in [0.3, 0.4) is 0 Å². The molecule has 1 rings (SSSR count). The molecule has 0 bridgehead atoms. The Hall–Kier alpha value is -1.77. The highest BCUT2D eigenvalue weighted by Gasteiger charge is 2.15. The molecule has 0 N–H and O–H groups in total. The summed E-state index contributed by atoms with van der Waals surface area (Å²) in [6, 6.07) is 6.87. The minimum absolute atomic E-state index is 0.389. The molecular weight excluding hydrogens is 166 g/mol. The molecule has 66 valence electrons. The number of rotatable bonds is 2. The Morgan fingerprint density at radius 1 is 1.31 bits per heavy atom. The van der Waals surface area contributed by atoms with Crippen molar-refractivity contribution in [3.8, 4) is 0 Å². The summed E-state index contributed by atoms with van der Waals surface area (Å²) in [5.41, 5.74) is 1.16. The van der Waals surface area contributed by atoms with E-state index in [0.29, 0.717) is 5.56 Å². The van der Waals surface area contributed by atoms with E-state index in [1.54, 1.807) is 31.2 Å². The number of carbonyl (C=O) groups is 2. The van der Waals surface area contributed by atoms with Gasteiger partial charge in [0.2, 0.25) is 0 Å². The van der Waals surface area contributed by atoms with Crippen molar-refractivity contribution in [3.63, 3.8) is 0 Å². The topological polar surface area (TPSA) is 46.5 Å². The van der Waals surface area contributed by atoms with Crippen LogP contribution in [0.1, 0.15) is 15.9 Å². The summed E-state index contributed by atoms with van der Waals surface area (Å²) in [6.07, 6.45) is 0. The molecule has 1 aromatic rings. The van der Waals surface area contributed by atoms with E-state index in [4.69, 9.17) is 0 Å². The molecule has 0 spiro atoms. The molecule has 0 aliphatic rings. The van der Waals surface area contributed by atoms with Gasteiger partial charge < -0.3 is 0 Å². The van der Waals surface area contributed by atoms with Crippen LogP contribution in [0, 0.1) is 6.92 Å². The first kappa shape index (κ1) is 9.32. The number of benzene rings is 1. The predicted molar refractivity (Wildman–Crippen MR) is 50.1 cm³/mol. The molecule has 0 radical (unpaired) electrons. The smallest absolute Gasteiger partial charge is 0.283 e. The summed E-state index contributed by atoms with van der Waals surface area (Å²) >= 11 is 0. The SMILES string of the molecule is C=NC(=O)C(=O)c1ccccc1C. The van der Waals surface area contributed by atoms with Gasteiger partial charge in [-0.3, -0.25) is 9.59 Å². The molecule has 0 heterocycles. The zero-order valence-electron chi connectivity index (χ0n) is 7.28. The molecule has 0 fully saturated rings. The molecule has 0 aliphatic carbocycles. The second kappa shape index (κ2) is 3.76. The summed E-state index contributed by atoms with van der Waals surface area (Å²) in [5.74, 6) is -1.41. The minimum atomic E-state index is -0.811. The van der Waals surface area contributed by atoms with Gasteiger partial charge in [-0.05, 0) is 19.2 Å². The maximum absolute atomic E-state index is 11.3. The lowest BCUT2D eigenvalue weighted by Gasteiger charge is -1.99. The van der Waals surface area contributed by atoms with Crippen molar-refractivity contribution in [3.05, 3.63) is 35.4 Å². The predicted octanol–water partition coefficient (Wildman–Crippen LogP) is 1.40. The van der Waals surface area contributed by atoms with Gasteiger partial charge in [0, 0.05) is 5.56 Å². The highest BCUT2D eigenvalue weighted by Crippen LogP contribution is 2.08. The van der Waals surface area contributed by atoms with Gasteiger partial charge in [-0.1, -0.05) is 24.3 Å². The molecule has 13 heavy (non-hydrogen) atoms. The zero-order valence-corrected chi connectivity index (χ0v) is 7.28. The fraction of sp³-hybridized carbons (Fsp3) is 0.100. The summed E-state index contributed by atoms with van der Waals surface area (Å²) in [4.78, 5) is 25.3. The van der Waals surface area contributed by atoms with Crippen molar-refractivity contribution in [1.29, 1.82) is 0 Å². The van der Waals surface area contributed by atoms with Crippen molar-refractivity contribution in [2.75, 3.05) is 0 Å². The Kier molecular flexibility index (Phi) is 2.69. The number of aliphatic imine (C=N–C) groups is 1. The molecule has 0 unspecified atom stereocenters. The van der Waals surface area contributed by atoms with E-state index in [2.05, 4.69) is 11.7 Å². The molecule has 0 saturated carbocycles. The van der Waals surface area contributed by atoms with Gasteiger partial charge in [0.15, 0.2) is 0 Å². The maximum Gasteiger partial charge on any atom is 0.317 e. The molecule has 3 heteroatoms. The van der Waals surface area contributed by atoms with Crippen LogP contribution in [0.15, 0.2) is 29.3 Å². The fourth-order valence-corrected chi connectivity index (χ4v) is 1.01. The molecule has 1 amide bonds. The van der Waals surface area contributed by atoms with E-state index in [0.717, 1.165) is 5.56 Å². The van der Waals surface area contributed by atoms with Gasteiger partial charge in [-0.2, -0.15) is 0 Å². The lowest BCUT2D eigenvalue weighted by molar-refractivity contribution is -0.113. The van der Waals surface area contributed by atoms with E-state index in [-0.39, 0.29) is 0 Å². The Morgan fingerprint density at radius 3 is 2.46 bits per heavy atom. The van der Waals surface area contributed by atoms with Crippen molar-refractivity contribution >= 4 is 18.4 Å². The Labute approximate surface area is 76.1 Å². The largest absolute Gasteiger partial charge is 0.317 e. The molecular formula is C10H9NO2. The Balaban J connectivity index is 3.09. The van der Waals surface area contributed by atoms with Gasteiger partial charge >= 0.3 is 5.91 Å². The number of nitrogens with zero attached hydrogens (tertiary/aromatic N) is 1. The van der Waals surface area contributed by atoms with Gasteiger partial charge in [0.05, 0.1) is 0 Å². The second-order valence-electron chi connectivity index (χ2n) is 2.61. The number of carbonyl (C=O) groups excluding carboxylic acids is 2. The highest BCUT2D eigenvalue weighted by atomic mass is 16.2. The summed E-state index contributed by atoms with van der Waals surface area (Å²) < 4.78 is 0. The minimum Gasteiger partial charge on any atom is -0.283 e. The average molecular weight is 175 g/mol. The van der Waals surface area contributed by atoms with E-state index >= 15 is 0 Å². The van der Waals surface area contributed by atoms with Gasteiger partial charge in [0.25, 0.3) is 5.78 Å². The van der Waals surface area contributed by atoms with Crippen LogP contribution in [0.4, 0.5) is 0 Å². The zero-order chi connectivity index (χ0) is 9.84. The third kappa shape index (κ3) is 1.87. The molecule has 0 saturated heterocycles. The number of ketones is 1. The summed E-state index contributed by atoms with van der Waals surface area (Å²) in [7, 11) is 0. The average Bonchev–Trinajstić information content (AvgIpc) is 2.16. The normalized spacial score (nSPS) is 9.31. The Morgan fingerprint density at radius 2 is 1.92 bits per heavy atom. The number of aryl methyl sites for hydroxylation is 1. The van der Waals surface area contributed by atoms with Crippen molar-refractivity contribution in [1.82, 2.24) is 0 Å². The van der Waals surface area contributed by atoms with Crippen LogP contribution >= 0.6 is 0 Å². The van der Waals surface area contributed by atoms with Gasteiger partial charge in [-0.25, -0.2) is 4.99 Å². The van der Waals surface area contributed by atoms with Crippen LogP contribution < -0.4 is 0 Å². The van der Waals surface area contributed by atoms with E-state index in [1.165, 1.54) is 0 Å². The number of hydrogen-bond donors (Lipinski definition) is 0. The standard InChI is InChI=1S/C10H9NO2/c1-7-5-3-4-6-8(7)9(12)10(13)11-2/h3-6H,2H2,1H3. The molecule has 0 aromatic heterocycles. The summed E-state index contributed by atoms with van der Waals surface area (Å²) in [6.45, 7) is 4.78. The lowest BCUT2D eigenvalue weighted by Crippen LogP contribution is -2.12. The lowest BCUT2D eigenvalue weighted by atomic mass is 10.0. The first-order chi connectivity index (χ1) is 6.16. The van der Waals surface area contributed by atoms with Crippen LogP contribution in [0.2, 0.25) is 0 Å². The highest BCUT2D eigenvalue weighted by molar-refractivity contribution is 6.44. The van der Waals surface area contributed by atoms with Crippen molar-refractivity contribution < 1.29 is 9.59 Å². The van der Waals surface area contributed by atoms with E-state index < -0.39 is 11.7 Å². The van der Waals surface area contributed by atoms with Gasteiger partial charge in [0.1, 0.15) is 0 Å². The first-order valence-corrected chi connectivity index (χ1v) is 3.78. The molecule has 1 aromatic carbocycles. The fourth-order valence-electron chi connectivity index (χ4n) is 1.01. The quantitative estimate of drug-likeness (QED) is 0.387. The molecule has 0 atom stereocenters. The van der Waals surface area contributed by atoms with E-state index in [1.807, 2.05) is 0 Å². The Bertz CT molecular complexity index is 369. The van der Waals surface area contributed by atoms with Crippen LogP contribution in [-0.4, -0.2) is 18.4 Å². The monoisotopic (exact) mass is 175 g/mol. The van der Waals surface area contributed by atoms with Gasteiger partial charge in [-0.15, -0.1) is 0 Å².